The van der Waals surface area contributed by atoms with Gasteiger partial charge in [-0.15, -0.1) is 0 Å². The molecule has 1 saturated carbocycles. The highest BCUT2D eigenvalue weighted by molar-refractivity contribution is 9.10. The van der Waals surface area contributed by atoms with E-state index in [0.29, 0.717) is 5.56 Å². The van der Waals surface area contributed by atoms with E-state index in [1.807, 2.05) is 12.1 Å². The Balaban J connectivity index is 2.01. The summed E-state index contributed by atoms with van der Waals surface area (Å²) in [6.45, 7) is 1.07. The summed E-state index contributed by atoms with van der Waals surface area (Å²) in [5.74, 6) is -0.265. The smallest absolute Gasteiger partial charge is 0.337 e. The number of hydrogen-bond donors (Lipinski definition) is 0. The molecule has 0 atom stereocenters. The molecule has 1 aromatic carbocycles. The molecule has 1 fully saturated rings. The van der Waals surface area contributed by atoms with Crippen molar-refractivity contribution < 1.29 is 9.53 Å². The van der Waals surface area contributed by atoms with Crippen molar-refractivity contribution in [2.45, 2.75) is 25.3 Å². The van der Waals surface area contributed by atoms with Crippen LogP contribution in [0.4, 0.5) is 5.69 Å². The fourth-order valence-electron chi connectivity index (χ4n) is 2.51. The van der Waals surface area contributed by atoms with E-state index in [1.54, 1.807) is 0 Å². The summed E-state index contributed by atoms with van der Waals surface area (Å²) in [6, 6.07) is 4.55. The second-order valence-electron chi connectivity index (χ2n) is 4.63. The average molecular weight is 296 g/mol. The molecule has 4 heteroatoms. The molecular weight excluding hydrogens is 282 g/mol. The second kappa shape index (κ2) is 4.02. The number of halogens is 1. The van der Waals surface area contributed by atoms with Gasteiger partial charge in [0.2, 0.25) is 0 Å². The van der Waals surface area contributed by atoms with Crippen molar-refractivity contribution in [2.24, 2.45) is 0 Å². The summed E-state index contributed by atoms with van der Waals surface area (Å²) in [5, 5.41) is 0. The van der Waals surface area contributed by atoms with Gasteiger partial charge in [0.05, 0.1) is 18.4 Å². The van der Waals surface area contributed by atoms with Gasteiger partial charge in [0.1, 0.15) is 0 Å². The fraction of sp³-hybridized carbons (Fsp3) is 0.462. The predicted octanol–water partition coefficient (Wildman–Crippen LogP) is 2.76. The number of fused-ring (bicyclic) bond motifs is 1. The SMILES string of the molecule is COC(=O)c1cc(Br)c2c(c1)CCN2C1CC1. The quantitative estimate of drug-likeness (QED) is 0.786. The van der Waals surface area contributed by atoms with Crippen molar-refractivity contribution in [2.75, 3.05) is 18.6 Å². The first-order valence-electron chi connectivity index (χ1n) is 5.88. The summed E-state index contributed by atoms with van der Waals surface area (Å²) in [5.41, 5.74) is 3.17. The standard InChI is InChI=1S/C13H14BrNO2/c1-17-13(16)9-6-8-4-5-15(10-2-3-10)12(8)11(14)7-9/h6-7,10H,2-5H2,1H3. The molecule has 0 amide bonds. The van der Waals surface area contributed by atoms with E-state index >= 15 is 0 Å². The highest BCUT2D eigenvalue weighted by Crippen LogP contribution is 2.42. The molecule has 90 valence electrons. The maximum atomic E-state index is 11.5. The third kappa shape index (κ3) is 1.84. The Morgan fingerprint density at radius 1 is 1.47 bits per heavy atom. The lowest BCUT2D eigenvalue weighted by atomic mass is 10.1. The van der Waals surface area contributed by atoms with Gasteiger partial charge in [-0.2, -0.15) is 0 Å². The van der Waals surface area contributed by atoms with E-state index in [9.17, 15) is 4.79 Å². The van der Waals surface area contributed by atoms with Crippen LogP contribution >= 0.6 is 15.9 Å². The van der Waals surface area contributed by atoms with E-state index in [4.69, 9.17) is 4.74 Å². The van der Waals surface area contributed by atoms with Gasteiger partial charge in [0.25, 0.3) is 0 Å². The fourth-order valence-corrected chi connectivity index (χ4v) is 3.24. The number of hydrogen-bond acceptors (Lipinski definition) is 3. The zero-order valence-electron chi connectivity index (χ0n) is 9.70. The Bertz CT molecular complexity index is 483. The molecule has 0 saturated heterocycles. The Labute approximate surface area is 109 Å². The number of anilines is 1. The maximum absolute atomic E-state index is 11.5. The molecule has 0 aromatic heterocycles. The zero-order chi connectivity index (χ0) is 12.0. The monoisotopic (exact) mass is 295 g/mol. The minimum atomic E-state index is -0.265. The van der Waals surface area contributed by atoms with Crippen molar-refractivity contribution in [1.29, 1.82) is 0 Å². The molecule has 1 aromatic rings. The van der Waals surface area contributed by atoms with Gasteiger partial charge in [-0.05, 0) is 52.9 Å². The second-order valence-corrected chi connectivity index (χ2v) is 5.49. The van der Waals surface area contributed by atoms with E-state index in [0.717, 1.165) is 23.5 Å². The van der Waals surface area contributed by atoms with Gasteiger partial charge in [0, 0.05) is 17.1 Å². The van der Waals surface area contributed by atoms with Crippen molar-refractivity contribution in [3.05, 3.63) is 27.7 Å². The van der Waals surface area contributed by atoms with Crippen molar-refractivity contribution in [3.63, 3.8) is 0 Å². The Kier molecular flexibility index (Phi) is 2.62. The molecule has 0 bridgehead atoms. The number of methoxy groups -OCH3 is 1. The van der Waals surface area contributed by atoms with Gasteiger partial charge in [0.15, 0.2) is 0 Å². The van der Waals surface area contributed by atoms with Crippen LogP contribution in [0, 0.1) is 0 Å². The highest BCUT2D eigenvalue weighted by Gasteiger charge is 2.35. The number of ether oxygens (including phenoxy) is 1. The van der Waals surface area contributed by atoms with E-state index in [-0.39, 0.29) is 5.97 Å². The van der Waals surface area contributed by atoms with E-state index in [2.05, 4.69) is 20.8 Å². The lowest BCUT2D eigenvalue weighted by molar-refractivity contribution is 0.0600. The van der Waals surface area contributed by atoms with Gasteiger partial charge in [-0.1, -0.05) is 0 Å². The summed E-state index contributed by atoms with van der Waals surface area (Å²) >= 11 is 3.58. The number of esters is 1. The topological polar surface area (TPSA) is 29.5 Å². The van der Waals surface area contributed by atoms with Crippen LogP contribution in [0.3, 0.4) is 0 Å². The van der Waals surface area contributed by atoms with Crippen LogP contribution < -0.4 is 4.90 Å². The molecule has 1 heterocycles. The van der Waals surface area contributed by atoms with Crippen molar-refractivity contribution in [3.8, 4) is 0 Å². The summed E-state index contributed by atoms with van der Waals surface area (Å²) in [6.07, 6.45) is 3.62. The van der Waals surface area contributed by atoms with Gasteiger partial charge < -0.3 is 9.64 Å². The van der Waals surface area contributed by atoms with E-state index < -0.39 is 0 Å². The first-order valence-corrected chi connectivity index (χ1v) is 6.67. The van der Waals surface area contributed by atoms with Gasteiger partial charge in [-0.3, -0.25) is 0 Å². The minimum Gasteiger partial charge on any atom is -0.465 e. The third-order valence-electron chi connectivity index (χ3n) is 3.46. The molecule has 2 aliphatic rings. The minimum absolute atomic E-state index is 0.265. The third-order valence-corrected chi connectivity index (χ3v) is 4.06. The molecule has 0 N–H and O–H groups in total. The van der Waals surface area contributed by atoms with Crippen LogP contribution in [0.2, 0.25) is 0 Å². The van der Waals surface area contributed by atoms with E-state index in [1.165, 1.54) is 31.2 Å². The normalized spacial score (nSPS) is 18.1. The number of benzene rings is 1. The Morgan fingerprint density at radius 2 is 2.24 bits per heavy atom. The average Bonchev–Trinajstić information content (AvgIpc) is 3.08. The first-order chi connectivity index (χ1) is 8.20. The van der Waals surface area contributed by atoms with Gasteiger partial charge in [-0.25, -0.2) is 4.79 Å². The number of rotatable bonds is 2. The van der Waals surface area contributed by atoms with Crippen LogP contribution in [0.15, 0.2) is 16.6 Å². The zero-order valence-corrected chi connectivity index (χ0v) is 11.3. The maximum Gasteiger partial charge on any atom is 0.337 e. The van der Waals surface area contributed by atoms with Gasteiger partial charge >= 0.3 is 5.97 Å². The summed E-state index contributed by atoms with van der Waals surface area (Å²) < 4.78 is 5.78. The van der Waals surface area contributed by atoms with Crippen LogP contribution in [-0.4, -0.2) is 25.7 Å². The molecule has 0 radical (unpaired) electrons. The first kappa shape index (κ1) is 11.1. The number of carbonyl (C=O) groups excluding carboxylic acids is 1. The van der Waals surface area contributed by atoms with Crippen LogP contribution in [0.1, 0.15) is 28.8 Å². The highest BCUT2D eigenvalue weighted by atomic mass is 79.9. The Hall–Kier alpha value is -1.03. The Morgan fingerprint density at radius 3 is 2.88 bits per heavy atom. The number of nitrogens with zero attached hydrogens (tertiary/aromatic N) is 1. The summed E-state index contributed by atoms with van der Waals surface area (Å²) in [7, 11) is 1.42. The molecule has 0 spiro atoms. The molecule has 1 aliphatic carbocycles. The molecule has 1 aliphatic heterocycles. The molecule has 3 rings (SSSR count). The van der Waals surface area contributed by atoms with Crippen molar-refractivity contribution >= 4 is 27.6 Å². The van der Waals surface area contributed by atoms with Crippen molar-refractivity contribution in [1.82, 2.24) is 0 Å². The molecule has 17 heavy (non-hydrogen) atoms. The van der Waals surface area contributed by atoms with Crippen LogP contribution in [-0.2, 0) is 11.2 Å². The molecular formula is C13H14BrNO2. The lowest BCUT2D eigenvalue weighted by Gasteiger charge is -2.20. The molecule has 3 nitrogen and oxygen atoms in total. The number of carbonyl (C=O) groups is 1. The largest absolute Gasteiger partial charge is 0.465 e. The van der Waals surface area contributed by atoms with Crippen LogP contribution in [0.25, 0.3) is 0 Å². The lowest BCUT2D eigenvalue weighted by Crippen LogP contribution is -2.22. The van der Waals surface area contributed by atoms with Crippen LogP contribution in [0.5, 0.6) is 0 Å². The predicted molar refractivity (Wildman–Crippen MR) is 69.6 cm³/mol. The summed E-state index contributed by atoms with van der Waals surface area (Å²) in [4.78, 5) is 14.0. The molecule has 0 unspecified atom stereocenters.